The van der Waals surface area contributed by atoms with Gasteiger partial charge in [0.25, 0.3) is 11.5 Å². The largest absolute Gasteiger partial charge is 0.325 e. The van der Waals surface area contributed by atoms with Crippen LogP contribution in [0.5, 0.6) is 0 Å². The van der Waals surface area contributed by atoms with Gasteiger partial charge in [-0.1, -0.05) is 0 Å². The molecule has 0 saturated carbocycles. The maximum atomic E-state index is 10.7. The number of rotatable bonds is 4. The number of benzene rings is 2. The number of non-ortho nitro benzene ring substituents is 1. The van der Waals surface area contributed by atoms with Gasteiger partial charge in [0.2, 0.25) is 5.95 Å². The van der Waals surface area contributed by atoms with Crippen molar-refractivity contribution in [2.75, 3.05) is 5.32 Å². The van der Waals surface area contributed by atoms with E-state index in [-0.39, 0.29) is 5.69 Å². The number of fused-ring (bicyclic) bond motifs is 3. The lowest BCUT2D eigenvalue weighted by Gasteiger charge is -2.01. The highest BCUT2D eigenvalue weighted by atomic mass is 32.1. The van der Waals surface area contributed by atoms with Crippen LogP contribution in [0.1, 0.15) is 0 Å². The Morgan fingerprint density at radius 2 is 2.00 bits per heavy atom. The highest BCUT2D eigenvalue weighted by molar-refractivity contribution is 7.13. The van der Waals surface area contributed by atoms with Crippen molar-refractivity contribution < 1.29 is 4.92 Å². The van der Waals surface area contributed by atoms with Crippen LogP contribution in [0.4, 0.5) is 17.3 Å². The predicted octanol–water partition coefficient (Wildman–Crippen LogP) is 3.99. The Morgan fingerprint density at radius 1 is 1.15 bits per heavy atom. The average Bonchev–Trinajstić information content (AvgIpc) is 3.37. The molecular formula is C17H11N7O2S. The summed E-state index contributed by atoms with van der Waals surface area (Å²) in [5.41, 5.74) is 3.46. The second kappa shape index (κ2) is 5.88. The maximum absolute atomic E-state index is 10.7. The predicted molar refractivity (Wildman–Crippen MR) is 102 cm³/mol. The summed E-state index contributed by atoms with van der Waals surface area (Å²) in [4.78, 5) is 23.6. The van der Waals surface area contributed by atoms with E-state index in [2.05, 4.69) is 25.4 Å². The molecular weight excluding hydrogens is 366 g/mol. The normalized spacial score (nSPS) is 11.3. The second-order valence-corrected chi connectivity index (χ2v) is 6.68. The van der Waals surface area contributed by atoms with E-state index in [1.807, 2.05) is 23.6 Å². The molecule has 0 bridgehead atoms. The van der Waals surface area contributed by atoms with Crippen molar-refractivity contribution in [3.05, 3.63) is 64.2 Å². The second-order valence-electron chi connectivity index (χ2n) is 5.79. The van der Waals surface area contributed by atoms with Crippen LogP contribution in [0.25, 0.3) is 27.4 Å². The maximum Gasteiger partial charge on any atom is 0.269 e. The van der Waals surface area contributed by atoms with E-state index in [9.17, 15) is 10.1 Å². The van der Waals surface area contributed by atoms with E-state index in [1.165, 1.54) is 12.1 Å². The van der Waals surface area contributed by atoms with Crippen LogP contribution in [-0.2, 0) is 0 Å². The van der Waals surface area contributed by atoms with Gasteiger partial charge >= 0.3 is 0 Å². The molecule has 0 aliphatic carbocycles. The van der Waals surface area contributed by atoms with E-state index in [0.29, 0.717) is 17.4 Å². The van der Waals surface area contributed by atoms with Gasteiger partial charge in [0, 0.05) is 35.0 Å². The molecule has 132 valence electrons. The van der Waals surface area contributed by atoms with E-state index < -0.39 is 4.92 Å². The van der Waals surface area contributed by atoms with Crippen LogP contribution in [-0.4, -0.2) is 29.5 Å². The van der Waals surface area contributed by atoms with Gasteiger partial charge in [-0.15, -0.1) is 11.3 Å². The minimum absolute atomic E-state index is 0.0387. The first-order chi connectivity index (χ1) is 13.2. The molecule has 2 N–H and O–H groups in total. The Balaban J connectivity index is 1.47. The van der Waals surface area contributed by atoms with E-state index in [4.69, 9.17) is 0 Å². The fourth-order valence-electron chi connectivity index (χ4n) is 2.84. The summed E-state index contributed by atoms with van der Waals surface area (Å²) in [6.45, 7) is 0. The molecule has 0 radical (unpaired) electrons. The SMILES string of the molecule is O=[N+]([O-])c1ccc(Nc2nc3nc4cc(-c5nccs5)ccc4n3[nH]2)cc1. The fourth-order valence-corrected chi connectivity index (χ4v) is 3.48. The number of aromatic nitrogens is 5. The molecule has 0 amide bonds. The van der Waals surface area contributed by atoms with Gasteiger partial charge in [-0.25, -0.2) is 14.5 Å². The molecule has 3 aromatic heterocycles. The lowest BCUT2D eigenvalue weighted by Crippen LogP contribution is -1.94. The standard InChI is InChI=1S/C17H11N7O2S/c25-24(26)12-4-2-11(3-5-12)19-16-21-17-20-13-9-10(15-18-7-8-27-15)1-6-14(13)23(17)22-16/h1-9H,(H2,19,20,21,22). The molecule has 0 spiro atoms. The summed E-state index contributed by atoms with van der Waals surface area (Å²) in [6.07, 6.45) is 1.78. The Morgan fingerprint density at radius 3 is 2.74 bits per heavy atom. The van der Waals surface area contributed by atoms with Crippen molar-refractivity contribution in [2.45, 2.75) is 0 Å². The number of nitro groups is 1. The van der Waals surface area contributed by atoms with Crippen molar-refractivity contribution in [3.8, 4) is 10.6 Å². The van der Waals surface area contributed by atoms with Crippen molar-refractivity contribution in [1.29, 1.82) is 0 Å². The molecule has 0 aliphatic heterocycles. The number of nitrogens with one attached hydrogen (secondary N) is 2. The number of hydrogen-bond donors (Lipinski definition) is 2. The van der Waals surface area contributed by atoms with Gasteiger partial charge in [0.05, 0.1) is 16.0 Å². The van der Waals surface area contributed by atoms with E-state index >= 15 is 0 Å². The lowest BCUT2D eigenvalue weighted by molar-refractivity contribution is -0.384. The van der Waals surface area contributed by atoms with Crippen LogP contribution in [0.2, 0.25) is 0 Å². The van der Waals surface area contributed by atoms with Gasteiger partial charge in [0.1, 0.15) is 5.01 Å². The molecule has 10 heteroatoms. The first-order valence-electron chi connectivity index (χ1n) is 7.97. The number of anilines is 2. The average molecular weight is 377 g/mol. The zero-order chi connectivity index (χ0) is 18.4. The summed E-state index contributed by atoms with van der Waals surface area (Å²) < 4.78 is 1.79. The summed E-state index contributed by atoms with van der Waals surface area (Å²) in [5, 5.41) is 19.8. The van der Waals surface area contributed by atoms with Crippen LogP contribution in [0, 0.1) is 10.1 Å². The van der Waals surface area contributed by atoms with Gasteiger partial charge in [0.15, 0.2) is 0 Å². The highest BCUT2D eigenvalue weighted by Gasteiger charge is 2.12. The Bertz CT molecular complexity index is 1270. The van der Waals surface area contributed by atoms with Gasteiger partial charge in [-0.2, -0.15) is 4.98 Å². The summed E-state index contributed by atoms with van der Waals surface area (Å²) in [7, 11) is 0. The number of H-pyrrole nitrogens is 1. The monoisotopic (exact) mass is 377 g/mol. The Labute approximate surface area is 155 Å². The van der Waals surface area contributed by atoms with Crippen molar-refractivity contribution in [1.82, 2.24) is 24.6 Å². The third-order valence-electron chi connectivity index (χ3n) is 4.09. The number of imidazole rings is 1. The third-order valence-corrected chi connectivity index (χ3v) is 4.91. The van der Waals surface area contributed by atoms with Crippen LogP contribution < -0.4 is 5.32 Å². The molecule has 5 aromatic rings. The molecule has 0 fully saturated rings. The van der Waals surface area contributed by atoms with Crippen molar-refractivity contribution >= 4 is 45.5 Å². The molecule has 0 saturated heterocycles. The lowest BCUT2D eigenvalue weighted by atomic mass is 10.2. The number of aromatic amines is 1. The first-order valence-corrected chi connectivity index (χ1v) is 8.85. The van der Waals surface area contributed by atoms with Gasteiger partial charge in [-0.3, -0.25) is 15.2 Å². The quantitative estimate of drug-likeness (QED) is 0.362. The number of thiazole rings is 1. The molecule has 3 heterocycles. The molecule has 2 aromatic carbocycles. The summed E-state index contributed by atoms with van der Waals surface area (Å²) in [6, 6.07) is 12.1. The zero-order valence-electron chi connectivity index (χ0n) is 13.7. The van der Waals surface area contributed by atoms with Crippen LogP contribution in [0.15, 0.2) is 54.0 Å². The van der Waals surface area contributed by atoms with E-state index in [1.54, 1.807) is 34.2 Å². The topological polar surface area (TPSA) is 114 Å². The Kier molecular flexibility index (Phi) is 3.37. The third kappa shape index (κ3) is 2.68. The Hall–Kier alpha value is -3.79. The van der Waals surface area contributed by atoms with Crippen molar-refractivity contribution in [3.63, 3.8) is 0 Å². The summed E-state index contributed by atoms with van der Waals surface area (Å²) >= 11 is 1.58. The minimum atomic E-state index is -0.434. The fraction of sp³-hybridized carbons (Fsp3) is 0. The van der Waals surface area contributed by atoms with Gasteiger partial charge < -0.3 is 5.32 Å². The molecule has 5 rings (SSSR count). The van der Waals surface area contributed by atoms with Crippen LogP contribution >= 0.6 is 11.3 Å². The number of nitro benzene ring substituents is 1. The van der Waals surface area contributed by atoms with Crippen molar-refractivity contribution in [2.24, 2.45) is 0 Å². The molecule has 27 heavy (non-hydrogen) atoms. The van der Waals surface area contributed by atoms with Gasteiger partial charge in [-0.05, 0) is 30.3 Å². The molecule has 0 unspecified atom stereocenters. The summed E-state index contributed by atoms with van der Waals surface area (Å²) in [5.74, 6) is 1.03. The van der Waals surface area contributed by atoms with E-state index in [0.717, 1.165) is 21.6 Å². The smallest absolute Gasteiger partial charge is 0.269 e. The molecule has 0 atom stereocenters. The van der Waals surface area contributed by atoms with Crippen LogP contribution in [0.3, 0.4) is 0 Å². The zero-order valence-corrected chi connectivity index (χ0v) is 14.5. The first kappa shape index (κ1) is 15.5. The number of nitrogens with zero attached hydrogens (tertiary/aromatic N) is 5. The number of hydrogen-bond acceptors (Lipinski definition) is 7. The molecule has 9 nitrogen and oxygen atoms in total. The molecule has 0 aliphatic rings. The minimum Gasteiger partial charge on any atom is -0.325 e. The highest BCUT2D eigenvalue weighted by Crippen LogP contribution is 2.26.